The fourth-order valence-corrected chi connectivity index (χ4v) is 4.66. The van der Waals surface area contributed by atoms with Gasteiger partial charge in [-0.2, -0.15) is 0 Å². The number of halogens is 1. The highest BCUT2D eigenvalue weighted by Gasteiger charge is 2.27. The third kappa shape index (κ3) is 3.33. The van der Waals surface area contributed by atoms with Gasteiger partial charge in [0.15, 0.2) is 0 Å². The van der Waals surface area contributed by atoms with Crippen molar-refractivity contribution in [3.63, 3.8) is 0 Å². The maximum Gasteiger partial charge on any atom is 0.0701 e. The maximum atomic E-state index is 3.57. The Bertz CT molecular complexity index is 342. The van der Waals surface area contributed by atoms with Gasteiger partial charge in [-0.1, -0.05) is 26.2 Å². The molecule has 0 aromatic carbocycles. The molecule has 1 atom stereocenters. The first-order valence-electron chi connectivity index (χ1n) is 6.67. The second kappa shape index (κ2) is 6.35. The van der Waals surface area contributed by atoms with Gasteiger partial charge in [0, 0.05) is 10.9 Å². The van der Waals surface area contributed by atoms with Crippen LogP contribution in [0, 0.1) is 11.8 Å². The van der Waals surface area contributed by atoms with Gasteiger partial charge < -0.3 is 5.32 Å². The molecule has 1 fully saturated rings. The van der Waals surface area contributed by atoms with Crippen LogP contribution < -0.4 is 5.32 Å². The monoisotopic (exact) mass is 315 g/mol. The van der Waals surface area contributed by atoms with Gasteiger partial charge in [0.25, 0.3) is 0 Å². The fraction of sp³-hybridized carbons (Fsp3) is 0.714. The van der Waals surface area contributed by atoms with E-state index in [4.69, 9.17) is 0 Å². The Kier molecular flexibility index (Phi) is 5.07. The van der Waals surface area contributed by atoms with Crippen LogP contribution in [-0.4, -0.2) is 7.05 Å². The van der Waals surface area contributed by atoms with Crippen molar-refractivity contribution in [1.82, 2.24) is 5.32 Å². The predicted octanol–water partition coefficient (Wildman–Crippen LogP) is 4.99. The first kappa shape index (κ1) is 13.6. The highest BCUT2D eigenvalue weighted by Crippen LogP contribution is 2.40. The highest BCUT2D eigenvalue weighted by atomic mass is 79.9. The molecular weight excluding hydrogens is 294 g/mol. The molecular formula is C14H22BrNS. The predicted molar refractivity (Wildman–Crippen MR) is 79.6 cm³/mol. The van der Waals surface area contributed by atoms with E-state index in [1.165, 1.54) is 40.8 Å². The topological polar surface area (TPSA) is 12.0 Å². The molecule has 1 aliphatic rings. The van der Waals surface area contributed by atoms with Crippen LogP contribution in [0.3, 0.4) is 0 Å². The molecule has 1 aliphatic carbocycles. The van der Waals surface area contributed by atoms with Gasteiger partial charge in [0.05, 0.1) is 3.79 Å². The van der Waals surface area contributed by atoms with Crippen molar-refractivity contribution >= 4 is 27.3 Å². The molecule has 0 saturated heterocycles. The van der Waals surface area contributed by atoms with Gasteiger partial charge in [-0.3, -0.25) is 0 Å². The average molecular weight is 316 g/mol. The van der Waals surface area contributed by atoms with E-state index in [9.17, 15) is 0 Å². The summed E-state index contributed by atoms with van der Waals surface area (Å²) < 4.78 is 1.25. The van der Waals surface area contributed by atoms with E-state index in [1.807, 2.05) is 11.3 Å². The molecule has 0 bridgehead atoms. The largest absolute Gasteiger partial charge is 0.312 e. The molecule has 0 amide bonds. The zero-order valence-corrected chi connectivity index (χ0v) is 13.1. The molecule has 1 N–H and O–H groups in total. The SMILES string of the molecule is CCC1CCC(C(NC)c2ccc(Br)s2)CC1. The quantitative estimate of drug-likeness (QED) is 0.825. The number of thiophene rings is 1. The summed E-state index contributed by atoms with van der Waals surface area (Å²) in [6.07, 6.45) is 6.98. The lowest BCUT2D eigenvalue weighted by atomic mass is 9.77. The van der Waals surface area contributed by atoms with E-state index in [0.717, 1.165) is 11.8 Å². The molecule has 1 aromatic heterocycles. The normalized spacial score (nSPS) is 27.0. The van der Waals surface area contributed by atoms with Crippen molar-refractivity contribution in [2.45, 2.75) is 45.1 Å². The summed E-state index contributed by atoms with van der Waals surface area (Å²) in [7, 11) is 2.10. The van der Waals surface area contributed by atoms with E-state index in [-0.39, 0.29) is 0 Å². The van der Waals surface area contributed by atoms with Gasteiger partial charge in [0.1, 0.15) is 0 Å². The van der Waals surface area contributed by atoms with Crippen molar-refractivity contribution in [3.8, 4) is 0 Å². The zero-order valence-electron chi connectivity index (χ0n) is 10.7. The van der Waals surface area contributed by atoms with Crippen LogP contribution >= 0.6 is 27.3 Å². The standard InChI is InChI=1S/C14H22BrNS/c1-3-10-4-6-11(7-5-10)14(16-2)12-8-9-13(15)17-12/h8-11,14,16H,3-7H2,1-2H3. The van der Waals surface area contributed by atoms with Crippen molar-refractivity contribution in [2.24, 2.45) is 11.8 Å². The molecule has 0 aliphatic heterocycles. The molecule has 3 heteroatoms. The molecule has 1 heterocycles. The Morgan fingerprint density at radius 2 is 2.06 bits per heavy atom. The van der Waals surface area contributed by atoms with Crippen molar-refractivity contribution < 1.29 is 0 Å². The van der Waals surface area contributed by atoms with E-state index >= 15 is 0 Å². The third-order valence-electron chi connectivity index (χ3n) is 4.15. The molecule has 96 valence electrons. The van der Waals surface area contributed by atoms with Crippen LogP contribution in [0.1, 0.15) is 49.9 Å². The average Bonchev–Trinajstić information content (AvgIpc) is 2.78. The van der Waals surface area contributed by atoms with Gasteiger partial charge in [-0.15, -0.1) is 11.3 Å². The van der Waals surface area contributed by atoms with Crippen molar-refractivity contribution in [1.29, 1.82) is 0 Å². The van der Waals surface area contributed by atoms with Crippen LogP contribution in [0.25, 0.3) is 0 Å². The van der Waals surface area contributed by atoms with Crippen LogP contribution in [0.4, 0.5) is 0 Å². The number of rotatable bonds is 4. The lowest BCUT2D eigenvalue weighted by Crippen LogP contribution is -2.28. The summed E-state index contributed by atoms with van der Waals surface area (Å²) in [4.78, 5) is 1.49. The summed E-state index contributed by atoms with van der Waals surface area (Å²) in [5.41, 5.74) is 0. The van der Waals surface area contributed by atoms with Crippen molar-refractivity contribution in [2.75, 3.05) is 7.05 Å². The first-order chi connectivity index (χ1) is 8.24. The summed E-state index contributed by atoms with van der Waals surface area (Å²) >= 11 is 5.44. The van der Waals surface area contributed by atoms with Crippen LogP contribution in [0.2, 0.25) is 0 Å². The Balaban J connectivity index is 2.00. The Labute approximate surface area is 117 Å². The minimum Gasteiger partial charge on any atom is -0.312 e. The second-order valence-corrected chi connectivity index (χ2v) is 7.59. The molecule has 17 heavy (non-hydrogen) atoms. The van der Waals surface area contributed by atoms with Gasteiger partial charge >= 0.3 is 0 Å². The van der Waals surface area contributed by atoms with Crippen LogP contribution in [0.5, 0.6) is 0 Å². The summed E-state index contributed by atoms with van der Waals surface area (Å²) in [5, 5.41) is 3.52. The summed E-state index contributed by atoms with van der Waals surface area (Å²) in [6, 6.07) is 4.99. The van der Waals surface area contributed by atoms with E-state index < -0.39 is 0 Å². The lowest BCUT2D eigenvalue weighted by Gasteiger charge is -2.33. The molecule has 2 rings (SSSR count). The molecule has 0 spiro atoms. The van der Waals surface area contributed by atoms with E-state index in [2.05, 4.69) is 47.4 Å². The number of nitrogens with one attached hydrogen (secondary N) is 1. The highest BCUT2D eigenvalue weighted by molar-refractivity contribution is 9.11. The second-order valence-electron chi connectivity index (χ2n) is 5.10. The van der Waals surface area contributed by atoms with Gasteiger partial charge in [-0.05, 0) is 59.8 Å². The first-order valence-corrected chi connectivity index (χ1v) is 8.28. The third-order valence-corrected chi connectivity index (χ3v) is 5.86. The lowest BCUT2D eigenvalue weighted by molar-refractivity contribution is 0.226. The Morgan fingerprint density at radius 3 is 2.53 bits per heavy atom. The van der Waals surface area contributed by atoms with Crippen LogP contribution in [0.15, 0.2) is 15.9 Å². The van der Waals surface area contributed by atoms with Gasteiger partial charge in [0.2, 0.25) is 0 Å². The number of hydrogen-bond acceptors (Lipinski definition) is 2. The number of hydrogen-bond donors (Lipinski definition) is 1. The zero-order chi connectivity index (χ0) is 12.3. The molecule has 1 unspecified atom stereocenters. The fourth-order valence-electron chi connectivity index (χ4n) is 3.04. The molecule has 0 radical (unpaired) electrons. The maximum absolute atomic E-state index is 3.57. The van der Waals surface area contributed by atoms with Gasteiger partial charge in [-0.25, -0.2) is 0 Å². The minimum atomic E-state index is 0.559. The smallest absolute Gasteiger partial charge is 0.0701 e. The Hall–Kier alpha value is 0.140. The molecule has 1 aromatic rings. The van der Waals surface area contributed by atoms with Crippen molar-refractivity contribution in [3.05, 3.63) is 20.8 Å². The van der Waals surface area contributed by atoms with Crippen LogP contribution in [-0.2, 0) is 0 Å². The molecule has 1 saturated carbocycles. The Morgan fingerprint density at radius 1 is 1.35 bits per heavy atom. The summed E-state index contributed by atoms with van der Waals surface area (Å²) in [6.45, 7) is 2.33. The van der Waals surface area contributed by atoms with E-state index in [1.54, 1.807) is 0 Å². The molecule has 1 nitrogen and oxygen atoms in total. The summed E-state index contributed by atoms with van der Waals surface area (Å²) in [5.74, 6) is 1.81. The minimum absolute atomic E-state index is 0.559. The van der Waals surface area contributed by atoms with E-state index in [0.29, 0.717) is 6.04 Å².